The standard InChI is InChI=1S/C22H17FN2O5/c1-12-11-17(24-30-12)25-19(13-5-9-16(29-2)10-6-13)18(21(27)22(25)28)20(26)14-3-7-15(23)8-4-14/h3-11,19,26H,1-2H3/b20-18+/t19-/m0/s1. The maximum absolute atomic E-state index is 13.3. The van der Waals surface area contributed by atoms with E-state index in [1.54, 1.807) is 31.2 Å². The molecule has 0 spiro atoms. The normalized spacial score (nSPS) is 18.1. The number of halogens is 1. The van der Waals surface area contributed by atoms with Gasteiger partial charge in [-0.3, -0.25) is 14.5 Å². The van der Waals surface area contributed by atoms with Gasteiger partial charge < -0.3 is 14.4 Å². The number of benzene rings is 2. The summed E-state index contributed by atoms with van der Waals surface area (Å²) in [5.41, 5.74) is 0.640. The number of aryl methyl sites for hydroxylation is 1. The summed E-state index contributed by atoms with van der Waals surface area (Å²) in [6.07, 6.45) is 0. The van der Waals surface area contributed by atoms with Crippen LogP contribution >= 0.6 is 0 Å². The maximum Gasteiger partial charge on any atom is 0.301 e. The smallest absolute Gasteiger partial charge is 0.301 e. The monoisotopic (exact) mass is 408 g/mol. The number of carbonyl (C=O) groups excluding carboxylic acids is 2. The molecule has 0 bridgehead atoms. The van der Waals surface area contributed by atoms with Gasteiger partial charge in [0.1, 0.15) is 23.1 Å². The topological polar surface area (TPSA) is 92.9 Å². The van der Waals surface area contributed by atoms with E-state index in [0.29, 0.717) is 17.1 Å². The van der Waals surface area contributed by atoms with Crippen molar-refractivity contribution in [1.82, 2.24) is 5.16 Å². The Kier molecular flexibility index (Phi) is 4.83. The number of methoxy groups -OCH3 is 1. The van der Waals surface area contributed by atoms with Gasteiger partial charge in [0, 0.05) is 11.6 Å². The van der Waals surface area contributed by atoms with Crippen LogP contribution in [0.2, 0.25) is 0 Å². The van der Waals surface area contributed by atoms with Gasteiger partial charge in [0.2, 0.25) is 0 Å². The average Bonchev–Trinajstić information content (AvgIpc) is 3.29. The van der Waals surface area contributed by atoms with Crippen LogP contribution in [0.3, 0.4) is 0 Å². The zero-order valence-corrected chi connectivity index (χ0v) is 16.1. The highest BCUT2D eigenvalue weighted by molar-refractivity contribution is 6.51. The molecule has 1 aliphatic rings. The van der Waals surface area contributed by atoms with Crippen LogP contribution < -0.4 is 9.64 Å². The number of aliphatic hydroxyl groups excluding tert-OH is 1. The number of rotatable bonds is 4. The highest BCUT2D eigenvalue weighted by Crippen LogP contribution is 2.42. The molecule has 30 heavy (non-hydrogen) atoms. The third-order valence-electron chi connectivity index (χ3n) is 4.86. The summed E-state index contributed by atoms with van der Waals surface area (Å²) >= 11 is 0. The molecule has 2 aromatic carbocycles. The van der Waals surface area contributed by atoms with E-state index in [2.05, 4.69) is 5.16 Å². The third kappa shape index (κ3) is 3.22. The van der Waals surface area contributed by atoms with E-state index in [4.69, 9.17) is 9.26 Å². The molecule has 0 radical (unpaired) electrons. The third-order valence-corrected chi connectivity index (χ3v) is 4.86. The van der Waals surface area contributed by atoms with Crippen LogP contribution in [-0.2, 0) is 9.59 Å². The van der Waals surface area contributed by atoms with Crippen LogP contribution in [0.1, 0.15) is 22.9 Å². The number of ether oxygens (including phenoxy) is 1. The lowest BCUT2D eigenvalue weighted by molar-refractivity contribution is -0.132. The lowest BCUT2D eigenvalue weighted by Crippen LogP contribution is -2.29. The number of Topliss-reactive ketones (excluding diaryl/α,β-unsaturated/α-hetero) is 1. The summed E-state index contributed by atoms with van der Waals surface area (Å²) in [6.45, 7) is 1.66. The van der Waals surface area contributed by atoms with Crippen LogP contribution in [0.4, 0.5) is 10.2 Å². The van der Waals surface area contributed by atoms with Crippen LogP contribution in [0.15, 0.2) is 64.7 Å². The molecule has 1 atom stereocenters. The van der Waals surface area contributed by atoms with Gasteiger partial charge in [-0.1, -0.05) is 17.3 Å². The number of hydrogen-bond donors (Lipinski definition) is 1. The van der Waals surface area contributed by atoms with Crippen LogP contribution in [0.25, 0.3) is 5.76 Å². The van der Waals surface area contributed by atoms with Gasteiger partial charge in [-0.2, -0.15) is 0 Å². The molecule has 0 saturated carbocycles. The van der Waals surface area contributed by atoms with Crippen molar-refractivity contribution >= 4 is 23.3 Å². The molecule has 1 N–H and O–H groups in total. The summed E-state index contributed by atoms with van der Waals surface area (Å²) in [7, 11) is 1.52. The molecule has 2 heterocycles. The average molecular weight is 408 g/mol. The molecule has 0 unspecified atom stereocenters. The van der Waals surface area contributed by atoms with E-state index in [9.17, 15) is 19.1 Å². The van der Waals surface area contributed by atoms with E-state index < -0.39 is 29.3 Å². The molecule has 0 aliphatic carbocycles. The van der Waals surface area contributed by atoms with Gasteiger partial charge in [-0.05, 0) is 48.9 Å². The lowest BCUT2D eigenvalue weighted by atomic mass is 9.95. The Bertz CT molecular complexity index is 1150. The molecule has 1 saturated heterocycles. The first-order valence-electron chi connectivity index (χ1n) is 9.05. The van der Waals surface area contributed by atoms with Crippen molar-refractivity contribution in [2.24, 2.45) is 0 Å². The number of nitrogens with zero attached hydrogens (tertiary/aromatic N) is 2. The van der Waals surface area contributed by atoms with Gasteiger partial charge >= 0.3 is 5.91 Å². The molecule has 1 fully saturated rings. The quantitative estimate of drug-likeness (QED) is 0.401. The Balaban J connectivity index is 1.92. The van der Waals surface area contributed by atoms with E-state index in [1.807, 2.05) is 0 Å². The fourth-order valence-electron chi connectivity index (χ4n) is 3.40. The number of aliphatic hydroxyl groups is 1. The van der Waals surface area contributed by atoms with Gasteiger partial charge in [0.25, 0.3) is 5.78 Å². The van der Waals surface area contributed by atoms with Crippen molar-refractivity contribution in [2.45, 2.75) is 13.0 Å². The molecule has 4 rings (SSSR count). The molecule has 1 aliphatic heterocycles. The van der Waals surface area contributed by atoms with Crippen molar-refractivity contribution in [2.75, 3.05) is 12.0 Å². The Morgan fingerprint density at radius 3 is 2.37 bits per heavy atom. The minimum Gasteiger partial charge on any atom is -0.507 e. The number of carbonyl (C=O) groups is 2. The van der Waals surface area contributed by atoms with Gasteiger partial charge in [-0.25, -0.2) is 4.39 Å². The minimum atomic E-state index is -0.953. The number of aromatic nitrogens is 1. The highest BCUT2D eigenvalue weighted by atomic mass is 19.1. The molecule has 152 valence electrons. The molecular weight excluding hydrogens is 391 g/mol. The largest absolute Gasteiger partial charge is 0.507 e. The Morgan fingerprint density at radius 1 is 1.13 bits per heavy atom. The number of ketones is 1. The highest BCUT2D eigenvalue weighted by Gasteiger charge is 2.48. The Morgan fingerprint density at radius 2 is 1.80 bits per heavy atom. The van der Waals surface area contributed by atoms with Crippen molar-refractivity contribution in [1.29, 1.82) is 0 Å². The predicted octanol–water partition coefficient (Wildman–Crippen LogP) is 3.76. The summed E-state index contributed by atoms with van der Waals surface area (Å²) in [4.78, 5) is 27.0. The Hall–Kier alpha value is -3.94. The summed E-state index contributed by atoms with van der Waals surface area (Å²) in [5, 5.41) is 14.8. The predicted molar refractivity (Wildman–Crippen MR) is 105 cm³/mol. The van der Waals surface area contributed by atoms with Crippen molar-refractivity contribution in [3.63, 3.8) is 0 Å². The van der Waals surface area contributed by atoms with Crippen LogP contribution in [-0.4, -0.2) is 29.1 Å². The number of hydrogen-bond acceptors (Lipinski definition) is 6. The zero-order chi connectivity index (χ0) is 21.4. The van der Waals surface area contributed by atoms with Gasteiger partial charge in [0.05, 0.1) is 18.7 Å². The molecule has 8 heteroatoms. The Labute approximate surface area is 171 Å². The van der Waals surface area contributed by atoms with Crippen LogP contribution in [0.5, 0.6) is 5.75 Å². The van der Waals surface area contributed by atoms with Gasteiger partial charge in [0.15, 0.2) is 5.82 Å². The maximum atomic E-state index is 13.3. The summed E-state index contributed by atoms with van der Waals surface area (Å²) in [6, 6.07) is 12.3. The van der Waals surface area contributed by atoms with Crippen molar-refractivity contribution in [3.05, 3.63) is 82.9 Å². The fourth-order valence-corrected chi connectivity index (χ4v) is 3.40. The summed E-state index contributed by atoms with van der Waals surface area (Å²) < 4.78 is 23.6. The fraction of sp³-hybridized carbons (Fsp3) is 0.136. The van der Waals surface area contributed by atoms with Gasteiger partial charge in [-0.15, -0.1) is 0 Å². The van der Waals surface area contributed by atoms with Crippen molar-refractivity contribution < 1.29 is 28.3 Å². The molecule has 7 nitrogen and oxygen atoms in total. The SMILES string of the molecule is COc1ccc([C@H]2/C(=C(\O)c3ccc(F)cc3)C(=O)C(=O)N2c2cc(C)on2)cc1. The number of amides is 1. The molecule has 3 aromatic rings. The van der Waals surface area contributed by atoms with E-state index in [1.165, 1.54) is 30.2 Å². The summed E-state index contributed by atoms with van der Waals surface area (Å²) in [5.74, 6) is -1.43. The number of anilines is 1. The molecule has 1 aromatic heterocycles. The first-order valence-corrected chi connectivity index (χ1v) is 9.05. The first-order chi connectivity index (χ1) is 14.4. The van der Waals surface area contributed by atoms with E-state index in [0.717, 1.165) is 12.1 Å². The molecular formula is C22H17FN2O5. The van der Waals surface area contributed by atoms with Crippen LogP contribution in [0, 0.1) is 12.7 Å². The van der Waals surface area contributed by atoms with E-state index >= 15 is 0 Å². The molecule has 1 amide bonds. The van der Waals surface area contributed by atoms with Crippen molar-refractivity contribution in [3.8, 4) is 5.75 Å². The van der Waals surface area contributed by atoms with E-state index in [-0.39, 0.29) is 17.0 Å². The second-order valence-corrected chi connectivity index (χ2v) is 6.74. The first kappa shape index (κ1) is 19.4. The second kappa shape index (κ2) is 7.47. The minimum absolute atomic E-state index is 0.127. The lowest BCUT2D eigenvalue weighted by Gasteiger charge is -2.23. The second-order valence-electron chi connectivity index (χ2n) is 6.74. The zero-order valence-electron chi connectivity index (χ0n) is 16.1.